The molecule has 4 rings (SSSR count). The van der Waals surface area contributed by atoms with E-state index < -0.39 is 22.7 Å². The van der Waals surface area contributed by atoms with E-state index in [1.54, 1.807) is 12.1 Å². The van der Waals surface area contributed by atoms with Crippen molar-refractivity contribution < 1.29 is 23.1 Å². The lowest BCUT2D eigenvalue weighted by Gasteiger charge is -2.42. The van der Waals surface area contributed by atoms with Gasteiger partial charge in [0.05, 0.1) is 23.8 Å². The molecule has 3 aliphatic rings. The van der Waals surface area contributed by atoms with Crippen molar-refractivity contribution in [1.29, 1.82) is 5.26 Å². The Labute approximate surface area is 186 Å². The number of amides is 1. The van der Waals surface area contributed by atoms with Gasteiger partial charge in [-0.15, -0.1) is 0 Å². The van der Waals surface area contributed by atoms with E-state index in [0.717, 1.165) is 12.5 Å². The van der Waals surface area contributed by atoms with Gasteiger partial charge in [-0.05, 0) is 37.0 Å². The second-order valence-electron chi connectivity index (χ2n) is 9.72. The van der Waals surface area contributed by atoms with Crippen LogP contribution in [-0.4, -0.2) is 48.7 Å². The molecule has 2 heterocycles. The minimum atomic E-state index is -4.61. The van der Waals surface area contributed by atoms with E-state index in [-0.39, 0.29) is 18.4 Å². The zero-order valence-electron chi connectivity index (χ0n) is 18.2. The molecule has 2 atom stereocenters. The maximum atomic E-state index is 13.4. The molecule has 8 heteroatoms. The number of halogens is 3. The number of hydrogen-bond donors (Lipinski definition) is 1. The molecule has 1 aliphatic carbocycles. The molecular formula is C24H30F3N3O2. The molecule has 32 heavy (non-hydrogen) atoms. The topological polar surface area (TPSA) is 67.6 Å². The molecule has 0 aromatic heterocycles. The first-order valence-corrected chi connectivity index (χ1v) is 11.5. The Hall–Kier alpha value is -2.27. The Balaban J connectivity index is 1.46. The van der Waals surface area contributed by atoms with Crippen LogP contribution >= 0.6 is 0 Å². The van der Waals surface area contributed by atoms with Crippen molar-refractivity contribution in [1.82, 2.24) is 4.90 Å². The molecule has 0 bridgehead atoms. The zero-order chi connectivity index (χ0) is 22.9. The number of carbonyl (C=O) groups is 1. The van der Waals surface area contributed by atoms with Gasteiger partial charge >= 0.3 is 6.18 Å². The number of likely N-dealkylation sites (tertiary alicyclic amines) is 1. The van der Waals surface area contributed by atoms with Crippen molar-refractivity contribution in [3.8, 4) is 6.07 Å². The normalized spacial score (nSPS) is 26.3. The van der Waals surface area contributed by atoms with E-state index >= 15 is 0 Å². The first-order chi connectivity index (χ1) is 15.3. The molecule has 2 aliphatic heterocycles. The number of benzene rings is 1. The van der Waals surface area contributed by atoms with Gasteiger partial charge in [-0.1, -0.05) is 25.7 Å². The maximum absolute atomic E-state index is 13.4. The van der Waals surface area contributed by atoms with E-state index in [2.05, 4.69) is 0 Å². The molecule has 2 saturated heterocycles. The van der Waals surface area contributed by atoms with Crippen LogP contribution in [0.3, 0.4) is 0 Å². The highest BCUT2D eigenvalue weighted by Crippen LogP contribution is 2.45. The predicted molar refractivity (Wildman–Crippen MR) is 114 cm³/mol. The third-order valence-electron chi connectivity index (χ3n) is 7.84. The van der Waals surface area contributed by atoms with E-state index in [9.17, 15) is 23.1 Å². The van der Waals surface area contributed by atoms with Crippen LogP contribution in [-0.2, 0) is 11.0 Å². The summed E-state index contributed by atoms with van der Waals surface area (Å²) < 4.78 is 40.2. The average Bonchev–Trinajstić information content (AvgIpc) is 3.44. The number of piperidine rings is 1. The van der Waals surface area contributed by atoms with Gasteiger partial charge in [-0.2, -0.15) is 18.4 Å². The smallest absolute Gasteiger partial charge is 0.396 e. The van der Waals surface area contributed by atoms with Crippen LogP contribution in [0, 0.1) is 28.6 Å². The second-order valence-corrected chi connectivity index (χ2v) is 9.72. The van der Waals surface area contributed by atoms with Crippen LogP contribution < -0.4 is 4.90 Å². The number of nitriles is 1. The molecule has 5 nitrogen and oxygen atoms in total. The summed E-state index contributed by atoms with van der Waals surface area (Å²) >= 11 is 0. The van der Waals surface area contributed by atoms with Crippen LogP contribution in [0.4, 0.5) is 18.9 Å². The van der Waals surface area contributed by atoms with Crippen molar-refractivity contribution in [2.75, 3.05) is 37.7 Å². The summed E-state index contributed by atoms with van der Waals surface area (Å²) in [6.45, 7) is 1.98. The first kappa shape index (κ1) is 22.9. The lowest BCUT2D eigenvalue weighted by atomic mass is 9.73. The molecule has 0 spiro atoms. The van der Waals surface area contributed by atoms with Gasteiger partial charge in [0, 0.05) is 49.6 Å². The number of aliphatic hydroxyl groups is 1. The molecule has 1 N–H and O–H groups in total. The molecule has 0 unspecified atom stereocenters. The summed E-state index contributed by atoms with van der Waals surface area (Å²) in [5.41, 5.74) is -1.35. The standard InChI is InChI=1S/C24H30F3N3O2/c25-24(26,27)21-11-20(7-6-18(21)12-28)30-14-19-13-29(10-9-23(19,15-30)16-31)22(32)8-5-17-3-1-2-4-17/h6-7,11,17,19,31H,1-5,8-10,13-16H2/t19-,23+/m1/s1. The summed E-state index contributed by atoms with van der Waals surface area (Å²) in [7, 11) is 0. The Morgan fingerprint density at radius 1 is 1.25 bits per heavy atom. The van der Waals surface area contributed by atoms with Crippen molar-refractivity contribution in [3.05, 3.63) is 29.3 Å². The van der Waals surface area contributed by atoms with Gasteiger partial charge in [0.25, 0.3) is 0 Å². The van der Waals surface area contributed by atoms with Crippen LogP contribution in [0.15, 0.2) is 18.2 Å². The van der Waals surface area contributed by atoms with Crippen molar-refractivity contribution in [2.45, 2.75) is 51.1 Å². The van der Waals surface area contributed by atoms with Gasteiger partial charge in [0.1, 0.15) is 0 Å². The summed E-state index contributed by atoms with van der Waals surface area (Å²) in [6.07, 6.45) is 2.45. The molecule has 3 fully saturated rings. The molecule has 1 aromatic carbocycles. The minimum Gasteiger partial charge on any atom is -0.396 e. The third kappa shape index (κ3) is 4.45. The number of fused-ring (bicyclic) bond motifs is 1. The summed E-state index contributed by atoms with van der Waals surface area (Å²) in [4.78, 5) is 16.6. The SMILES string of the molecule is N#Cc1ccc(N2C[C@H]3CN(C(=O)CCC4CCCC4)CC[C@@]3(CO)C2)cc1C(F)(F)F. The van der Waals surface area contributed by atoms with E-state index in [4.69, 9.17) is 5.26 Å². The molecule has 1 aromatic rings. The molecule has 1 amide bonds. The number of anilines is 1. The monoisotopic (exact) mass is 449 g/mol. The predicted octanol–water partition coefficient (Wildman–Crippen LogP) is 4.19. The van der Waals surface area contributed by atoms with E-state index in [0.29, 0.717) is 50.6 Å². The van der Waals surface area contributed by atoms with Gasteiger partial charge in [0.2, 0.25) is 5.91 Å². The fraction of sp³-hybridized carbons (Fsp3) is 0.667. The summed E-state index contributed by atoms with van der Waals surface area (Å²) in [6, 6.07) is 5.40. The van der Waals surface area contributed by atoms with Gasteiger partial charge < -0.3 is 14.9 Å². The Bertz CT molecular complexity index is 891. The first-order valence-electron chi connectivity index (χ1n) is 11.5. The van der Waals surface area contributed by atoms with Crippen molar-refractivity contribution in [2.24, 2.45) is 17.3 Å². The minimum absolute atomic E-state index is 0.00154. The van der Waals surface area contributed by atoms with Crippen molar-refractivity contribution in [3.63, 3.8) is 0 Å². The molecular weight excluding hydrogens is 419 g/mol. The highest BCUT2D eigenvalue weighted by molar-refractivity contribution is 5.76. The maximum Gasteiger partial charge on any atom is 0.417 e. The lowest BCUT2D eigenvalue weighted by molar-refractivity contribution is -0.138. The number of hydrogen-bond acceptors (Lipinski definition) is 4. The third-order valence-corrected chi connectivity index (χ3v) is 7.84. The Kier molecular flexibility index (Phi) is 6.39. The summed E-state index contributed by atoms with van der Waals surface area (Å²) in [5.74, 6) is 0.808. The number of aliphatic hydroxyl groups excluding tert-OH is 1. The fourth-order valence-electron chi connectivity index (χ4n) is 5.81. The quantitative estimate of drug-likeness (QED) is 0.732. The van der Waals surface area contributed by atoms with Crippen LogP contribution in [0.25, 0.3) is 0 Å². The lowest BCUT2D eigenvalue weighted by Crippen LogP contribution is -2.50. The Morgan fingerprint density at radius 2 is 2.00 bits per heavy atom. The van der Waals surface area contributed by atoms with Gasteiger partial charge in [-0.25, -0.2) is 0 Å². The van der Waals surface area contributed by atoms with Gasteiger partial charge in [0.15, 0.2) is 0 Å². The zero-order valence-corrected chi connectivity index (χ0v) is 18.2. The number of alkyl halides is 3. The highest BCUT2D eigenvalue weighted by Gasteiger charge is 2.50. The molecule has 1 saturated carbocycles. The molecule has 174 valence electrons. The number of nitrogens with zero attached hydrogens (tertiary/aromatic N) is 3. The van der Waals surface area contributed by atoms with E-state index in [1.807, 2.05) is 9.80 Å². The summed E-state index contributed by atoms with van der Waals surface area (Å²) in [5, 5.41) is 19.2. The van der Waals surface area contributed by atoms with Crippen LogP contribution in [0.1, 0.15) is 56.1 Å². The van der Waals surface area contributed by atoms with E-state index in [1.165, 1.54) is 31.7 Å². The van der Waals surface area contributed by atoms with Crippen LogP contribution in [0.5, 0.6) is 0 Å². The van der Waals surface area contributed by atoms with Crippen molar-refractivity contribution >= 4 is 11.6 Å². The fourth-order valence-corrected chi connectivity index (χ4v) is 5.81. The van der Waals surface area contributed by atoms with Gasteiger partial charge in [-0.3, -0.25) is 4.79 Å². The Morgan fingerprint density at radius 3 is 2.66 bits per heavy atom. The molecule has 0 radical (unpaired) electrons. The number of carbonyl (C=O) groups excluding carboxylic acids is 1. The average molecular weight is 450 g/mol. The largest absolute Gasteiger partial charge is 0.417 e. The van der Waals surface area contributed by atoms with Crippen LogP contribution in [0.2, 0.25) is 0 Å². The highest BCUT2D eigenvalue weighted by atomic mass is 19.4. The number of rotatable bonds is 5. The second kappa shape index (κ2) is 8.93.